The van der Waals surface area contributed by atoms with Gasteiger partial charge < -0.3 is 20.7 Å². The Morgan fingerprint density at radius 2 is 1.76 bits per heavy atom. The number of aromatic nitrogens is 3. The van der Waals surface area contributed by atoms with Crippen LogP contribution in [-0.2, 0) is 4.74 Å². The number of amides is 1. The van der Waals surface area contributed by atoms with Gasteiger partial charge in [-0.3, -0.25) is 0 Å². The van der Waals surface area contributed by atoms with Crippen molar-refractivity contribution < 1.29 is 9.53 Å². The van der Waals surface area contributed by atoms with E-state index in [2.05, 4.69) is 37.8 Å². The number of alkyl carbamates (subject to hydrolysis) is 1. The lowest BCUT2D eigenvalue weighted by molar-refractivity contribution is 0.0530. The molecule has 0 aliphatic heterocycles. The summed E-state index contributed by atoms with van der Waals surface area (Å²) in [6, 6.07) is 0. The van der Waals surface area contributed by atoms with Crippen LogP contribution in [0, 0.1) is 0 Å². The Labute approximate surface area is 125 Å². The molecule has 0 spiro atoms. The standard InChI is InChI=1S/C13H24N6O2/c1-5-6-14-10-17-9-18-11(19-10)15-7-8-16-12(20)21-13(2,3)4/h9H,5-8H2,1-4H3,(H,16,20)(H2,14,15,17,18,19). The van der Waals surface area contributed by atoms with E-state index in [9.17, 15) is 4.79 Å². The van der Waals surface area contributed by atoms with Crippen LogP contribution >= 0.6 is 0 Å². The van der Waals surface area contributed by atoms with Gasteiger partial charge in [0.1, 0.15) is 11.9 Å². The van der Waals surface area contributed by atoms with E-state index >= 15 is 0 Å². The molecule has 21 heavy (non-hydrogen) atoms. The highest BCUT2D eigenvalue weighted by Crippen LogP contribution is 2.06. The second-order valence-corrected chi connectivity index (χ2v) is 5.41. The lowest BCUT2D eigenvalue weighted by Crippen LogP contribution is -2.35. The number of hydrogen-bond donors (Lipinski definition) is 3. The lowest BCUT2D eigenvalue weighted by Gasteiger charge is -2.19. The minimum absolute atomic E-state index is 0.415. The average Bonchev–Trinajstić information content (AvgIpc) is 2.40. The fourth-order valence-electron chi connectivity index (χ4n) is 1.36. The number of hydrogen-bond acceptors (Lipinski definition) is 7. The summed E-state index contributed by atoms with van der Waals surface area (Å²) in [5.41, 5.74) is -0.494. The Morgan fingerprint density at radius 1 is 1.14 bits per heavy atom. The quantitative estimate of drug-likeness (QED) is 0.657. The molecule has 1 aromatic heterocycles. The first kappa shape index (κ1) is 16.9. The molecular weight excluding hydrogens is 272 g/mol. The summed E-state index contributed by atoms with van der Waals surface area (Å²) in [6.07, 6.45) is 1.99. The third kappa shape index (κ3) is 7.91. The van der Waals surface area contributed by atoms with Gasteiger partial charge in [-0.05, 0) is 27.2 Å². The largest absolute Gasteiger partial charge is 0.444 e. The van der Waals surface area contributed by atoms with Crippen molar-refractivity contribution in [2.45, 2.75) is 39.7 Å². The SMILES string of the molecule is CCCNc1ncnc(NCCNC(=O)OC(C)(C)C)n1. The first-order valence-corrected chi connectivity index (χ1v) is 7.04. The molecule has 1 amide bonds. The van der Waals surface area contributed by atoms with E-state index < -0.39 is 11.7 Å². The zero-order chi connectivity index (χ0) is 15.7. The number of anilines is 2. The van der Waals surface area contributed by atoms with Crippen LogP contribution in [0.1, 0.15) is 34.1 Å². The molecule has 8 nitrogen and oxygen atoms in total. The predicted octanol–water partition coefficient (Wildman–Crippen LogP) is 1.63. The summed E-state index contributed by atoms with van der Waals surface area (Å²) >= 11 is 0. The first-order valence-electron chi connectivity index (χ1n) is 7.04. The van der Waals surface area contributed by atoms with Gasteiger partial charge in [-0.15, -0.1) is 0 Å². The summed E-state index contributed by atoms with van der Waals surface area (Å²) in [4.78, 5) is 23.6. The van der Waals surface area contributed by atoms with Crippen molar-refractivity contribution in [1.29, 1.82) is 0 Å². The highest BCUT2D eigenvalue weighted by molar-refractivity contribution is 5.67. The van der Waals surface area contributed by atoms with Gasteiger partial charge in [0.05, 0.1) is 0 Å². The third-order valence-electron chi connectivity index (χ3n) is 2.18. The maximum atomic E-state index is 11.4. The number of carbonyl (C=O) groups excluding carboxylic acids is 1. The molecule has 118 valence electrons. The van der Waals surface area contributed by atoms with Crippen molar-refractivity contribution in [3.05, 3.63) is 6.33 Å². The monoisotopic (exact) mass is 296 g/mol. The van der Waals surface area contributed by atoms with Crippen molar-refractivity contribution in [2.24, 2.45) is 0 Å². The fourth-order valence-corrected chi connectivity index (χ4v) is 1.36. The van der Waals surface area contributed by atoms with Crippen LogP contribution in [0.4, 0.5) is 16.7 Å². The van der Waals surface area contributed by atoms with E-state index in [1.807, 2.05) is 20.8 Å². The van der Waals surface area contributed by atoms with Crippen LogP contribution < -0.4 is 16.0 Å². The van der Waals surface area contributed by atoms with E-state index in [0.29, 0.717) is 25.0 Å². The van der Waals surface area contributed by atoms with Gasteiger partial charge in [0.25, 0.3) is 0 Å². The number of nitrogens with one attached hydrogen (secondary N) is 3. The maximum absolute atomic E-state index is 11.4. The molecule has 0 unspecified atom stereocenters. The number of nitrogens with zero attached hydrogens (tertiary/aromatic N) is 3. The number of rotatable bonds is 7. The normalized spacial score (nSPS) is 10.9. The molecule has 0 saturated heterocycles. The molecule has 0 radical (unpaired) electrons. The Balaban J connectivity index is 2.28. The van der Waals surface area contributed by atoms with Crippen molar-refractivity contribution >= 4 is 18.0 Å². The van der Waals surface area contributed by atoms with Gasteiger partial charge in [0.2, 0.25) is 11.9 Å². The molecule has 0 fully saturated rings. The highest BCUT2D eigenvalue weighted by Gasteiger charge is 2.15. The molecule has 1 rings (SSSR count). The molecule has 8 heteroatoms. The molecule has 1 heterocycles. The molecule has 1 aromatic rings. The van der Waals surface area contributed by atoms with Gasteiger partial charge in [-0.2, -0.15) is 4.98 Å². The topological polar surface area (TPSA) is 101 Å². The Morgan fingerprint density at radius 3 is 2.33 bits per heavy atom. The summed E-state index contributed by atoms with van der Waals surface area (Å²) < 4.78 is 5.12. The van der Waals surface area contributed by atoms with Gasteiger partial charge in [-0.25, -0.2) is 14.8 Å². The van der Waals surface area contributed by atoms with Crippen LogP contribution in [0.2, 0.25) is 0 Å². The lowest BCUT2D eigenvalue weighted by atomic mass is 10.2. The predicted molar refractivity (Wildman–Crippen MR) is 81.3 cm³/mol. The summed E-state index contributed by atoms with van der Waals surface area (Å²) in [5.74, 6) is 1.00. The number of ether oxygens (including phenoxy) is 1. The Bertz CT molecular complexity index is 447. The Hall–Kier alpha value is -2.12. The van der Waals surface area contributed by atoms with Crippen molar-refractivity contribution in [3.8, 4) is 0 Å². The zero-order valence-corrected chi connectivity index (χ0v) is 13.1. The second-order valence-electron chi connectivity index (χ2n) is 5.41. The average molecular weight is 296 g/mol. The molecule has 0 bridgehead atoms. The molecule has 0 aliphatic carbocycles. The van der Waals surface area contributed by atoms with Gasteiger partial charge in [-0.1, -0.05) is 6.92 Å². The van der Waals surface area contributed by atoms with Gasteiger partial charge >= 0.3 is 6.09 Å². The summed E-state index contributed by atoms with van der Waals surface area (Å²) in [6.45, 7) is 9.25. The van der Waals surface area contributed by atoms with Crippen LogP contribution in [0.25, 0.3) is 0 Å². The van der Waals surface area contributed by atoms with Crippen LogP contribution in [0.3, 0.4) is 0 Å². The molecule has 3 N–H and O–H groups in total. The van der Waals surface area contributed by atoms with E-state index in [4.69, 9.17) is 4.74 Å². The minimum Gasteiger partial charge on any atom is -0.444 e. The van der Waals surface area contributed by atoms with Gasteiger partial charge in [0.15, 0.2) is 0 Å². The highest BCUT2D eigenvalue weighted by atomic mass is 16.6. The summed E-state index contributed by atoms with van der Waals surface area (Å²) in [5, 5.41) is 8.73. The smallest absolute Gasteiger partial charge is 0.407 e. The van der Waals surface area contributed by atoms with Crippen molar-refractivity contribution in [2.75, 3.05) is 30.3 Å². The van der Waals surface area contributed by atoms with Crippen molar-refractivity contribution in [1.82, 2.24) is 20.3 Å². The molecule has 0 atom stereocenters. The van der Waals surface area contributed by atoms with E-state index in [1.165, 1.54) is 6.33 Å². The molecule has 0 aliphatic rings. The van der Waals surface area contributed by atoms with E-state index in [1.54, 1.807) is 0 Å². The summed E-state index contributed by atoms with van der Waals surface area (Å²) in [7, 11) is 0. The third-order valence-corrected chi connectivity index (χ3v) is 2.18. The zero-order valence-electron chi connectivity index (χ0n) is 13.1. The van der Waals surface area contributed by atoms with E-state index in [-0.39, 0.29) is 0 Å². The maximum Gasteiger partial charge on any atom is 0.407 e. The van der Waals surface area contributed by atoms with Crippen LogP contribution in [0.15, 0.2) is 6.33 Å². The molecule has 0 aromatic carbocycles. The second kappa shape index (κ2) is 8.23. The van der Waals surface area contributed by atoms with E-state index in [0.717, 1.165) is 13.0 Å². The van der Waals surface area contributed by atoms with Gasteiger partial charge in [0, 0.05) is 19.6 Å². The van der Waals surface area contributed by atoms with Crippen molar-refractivity contribution in [3.63, 3.8) is 0 Å². The Kier molecular flexibility index (Phi) is 6.64. The number of carbonyl (C=O) groups is 1. The van der Waals surface area contributed by atoms with Crippen LogP contribution in [0.5, 0.6) is 0 Å². The minimum atomic E-state index is -0.494. The molecular formula is C13H24N6O2. The van der Waals surface area contributed by atoms with Crippen LogP contribution in [-0.4, -0.2) is 46.3 Å². The fraction of sp³-hybridized carbons (Fsp3) is 0.692. The molecule has 0 saturated carbocycles. The first-order chi connectivity index (χ1) is 9.90.